The summed E-state index contributed by atoms with van der Waals surface area (Å²) in [5, 5.41) is 15.0. The van der Waals surface area contributed by atoms with Crippen LogP contribution >= 0.6 is 48.8 Å². The number of aromatic hydroxyl groups is 1. The Hall–Kier alpha value is -2.00. The van der Waals surface area contributed by atoms with E-state index >= 15 is 0 Å². The Bertz CT molecular complexity index is 1210. The SMILES string of the molecule is Cc1ccc2c(/C=C3\Oc4c(cc(Cl)c(O)c4CN4CCNCC4)C3=O)c[nH]c2n1.Cl.Cl.Cl. The van der Waals surface area contributed by atoms with Crippen molar-refractivity contribution in [1.82, 2.24) is 20.2 Å². The number of aromatic nitrogens is 2. The number of H-pyrrole nitrogens is 1. The number of phenols is 1. The maximum Gasteiger partial charge on any atom is 0.232 e. The molecule has 0 amide bonds. The minimum atomic E-state index is -0.247. The van der Waals surface area contributed by atoms with Crippen molar-refractivity contribution in [2.24, 2.45) is 0 Å². The Kier molecular flexibility index (Phi) is 9.04. The number of phenolic OH excluding ortho intramolecular Hbond substituents is 1. The predicted molar refractivity (Wildman–Crippen MR) is 137 cm³/mol. The van der Waals surface area contributed by atoms with E-state index in [2.05, 4.69) is 20.2 Å². The molecule has 3 N–H and O–H groups in total. The number of hydrogen-bond donors (Lipinski definition) is 3. The molecule has 0 saturated carbocycles. The van der Waals surface area contributed by atoms with Crippen LogP contribution in [0.25, 0.3) is 17.1 Å². The van der Waals surface area contributed by atoms with E-state index in [0.29, 0.717) is 23.4 Å². The normalized spacial score (nSPS) is 16.5. The number of nitrogens with zero attached hydrogens (tertiary/aromatic N) is 2. The van der Waals surface area contributed by atoms with Gasteiger partial charge in [-0.25, -0.2) is 4.98 Å². The Labute approximate surface area is 214 Å². The number of aromatic amines is 1. The molecule has 5 rings (SSSR count). The third-order valence-corrected chi connectivity index (χ3v) is 5.86. The molecule has 2 aromatic heterocycles. The van der Waals surface area contributed by atoms with Crippen molar-refractivity contribution in [3.8, 4) is 11.5 Å². The first kappa shape index (κ1) is 27.2. The Balaban J connectivity index is 0.00000128. The van der Waals surface area contributed by atoms with E-state index in [-0.39, 0.29) is 59.5 Å². The highest BCUT2D eigenvalue weighted by Gasteiger charge is 2.33. The van der Waals surface area contributed by atoms with Gasteiger partial charge in [-0.1, -0.05) is 11.6 Å². The molecule has 1 aromatic carbocycles. The van der Waals surface area contributed by atoms with Crippen LogP contribution < -0.4 is 10.1 Å². The average Bonchev–Trinajstić information content (AvgIpc) is 3.27. The van der Waals surface area contributed by atoms with Crippen molar-refractivity contribution in [2.45, 2.75) is 13.5 Å². The maximum absolute atomic E-state index is 13.0. The first-order chi connectivity index (χ1) is 14.5. The van der Waals surface area contributed by atoms with Crippen molar-refractivity contribution in [2.75, 3.05) is 26.2 Å². The van der Waals surface area contributed by atoms with Crippen LogP contribution in [0.4, 0.5) is 0 Å². The van der Waals surface area contributed by atoms with Crippen LogP contribution in [0.5, 0.6) is 11.5 Å². The molecule has 1 saturated heterocycles. The maximum atomic E-state index is 13.0. The second-order valence-corrected chi connectivity index (χ2v) is 8.03. The number of carbonyl (C=O) groups excluding carboxylic acids is 1. The monoisotopic (exact) mass is 532 g/mol. The van der Waals surface area contributed by atoms with Crippen molar-refractivity contribution in [3.63, 3.8) is 0 Å². The number of nitrogens with one attached hydrogen (secondary N) is 2. The highest BCUT2D eigenvalue weighted by atomic mass is 35.5. The number of halogens is 4. The van der Waals surface area contributed by atoms with Crippen molar-refractivity contribution < 1.29 is 14.6 Å². The van der Waals surface area contributed by atoms with Gasteiger partial charge in [0.15, 0.2) is 5.76 Å². The molecule has 0 atom stereocenters. The molecule has 2 aliphatic rings. The molecular weight excluding hydrogens is 510 g/mol. The van der Waals surface area contributed by atoms with Gasteiger partial charge in [-0.05, 0) is 31.2 Å². The van der Waals surface area contributed by atoms with Gasteiger partial charge in [0.2, 0.25) is 5.78 Å². The lowest BCUT2D eigenvalue weighted by Gasteiger charge is -2.28. The first-order valence-corrected chi connectivity index (χ1v) is 10.3. The average molecular weight is 534 g/mol. The molecule has 0 spiro atoms. The number of fused-ring (bicyclic) bond motifs is 2. The summed E-state index contributed by atoms with van der Waals surface area (Å²) in [5.41, 5.74) is 3.40. The van der Waals surface area contributed by atoms with Crippen molar-refractivity contribution >= 4 is 71.7 Å². The third kappa shape index (κ3) is 5.09. The topological polar surface area (TPSA) is 90.5 Å². The molecule has 0 radical (unpaired) electrons. The van der Waals surface area contributed by atoms with Crippen LogP contribution in [0.15, 0.2) is 30.2 Å². The Morgan fingerprint density at radius 1 is 1.24 bits per heavy atom. The smallest absolute Gasteiger partial charge is 0.232 e. The largest absolute Gasteiger partial charge is 0.506 e. The highest BCUT2D eigenvalue weighted by Crippen LogP contribution is 2.44. The number of hydrogen-bond acceptors (Lipinski definition) is 6. The lowest BCUT2D eigenvalue weighted by Crippen LogP contribution is -2.42. The zero-order chi connectivity index (χ0) is 20.8. The quantitative estimate of drug-likeness (QED) is 0.429. The fourth-order valence-corrected chi connectivity index (χ4v) is 4.19. The summed E-state index contributed by atoms with van der Waals surface area (Å²) < 4.78 is 5.99. The molecule has 0 unspecified atom stereocenters. The Morgan fingerprint density at radius 3 is 2.70 bits per heavy atom. The molecule has 7 nitrogen and oxygen atoms in total. The van der Waals surface area contributed by atoms with Gasteiger partial charge in [-0.2, -0.15) is 0 Å². The summed E-state index contributed by atoms with van der Waals surface area (Å²) in [7, 11) is 0. The van der Waals surface area contributed by atoms with Crippen molar-refractivity contribution in [1.29, 1.82) is 0 Å². The number of carbonyl (C=O) groups is 1. The number of rotatable bonds is 3. The van der Waals surface area contributed by atoms with E-state index in [4.69, 9.17) is 16.3 Å². The molecule has 1 fully saturated rings. The molecular formula is C22H24Cl4N4O3. The summed E-state index contributed by atoms with van der Waals surface area (Å²) in [4.78, 5) is 22.8. The summed E-state index contributed by atoms with van der Waals surface area (Å²) in [6.45, 7) is 5.84. The number of pyridine rings is 1. The van der Waals surface area contributed by atoms with Gasteiger partial charge in [-0.15, -0.1) is 37.2 Å². The molecule has 0 aliphatic carbocycles. The molecule has 4 heterocycles. The number of allylic oxidation sites excluding steroid dienone is 1. The summed E-state index contributed by atoms with van der Waals surface area (Å²) in [6, 6.07) is 5.37. The van der Waals surface area contributed by atoms with Gasteiger partial charge >= 0.3 is 0 Å². The lowest BCUT2D eigenvalue weighted by atomic mass is 10.0. The minimum Gasteiger partial charge on any atom is -0.506 e. The van der Waals surface area contributed by atoms with Gasteiger partial charge in [-0.3, -0.25) is 9.69 Å². The summed E-state index contributed by atoms with van der Waals surface area (Å²) in [6.07, 6.45) is 3.51. The van der Waals surface area contributed by atoms with E-state index in [1.54, 1.807) is 12.3 Å². The van der Waals surface area contributed by atoms with Crippen LogP contribution in [-0.4, -0.2) is 51.9 Å². The zero-order valence-electron chi connectivity index (χ0n) is 17.7. The molecule has 0 bridgehead atoms. The standard InChI is InChI=1S/C22H21ClN4O3.3ClH/c1-12-2-3-14-13(10-25-22(14)26-12)8-18-20(29)15-9-17(23)19(28)16(21(15)30-18)11-27-6-4-24-5-7-27;;;/h2-3,8-10,24,28H,4-7,11H2,1H3,(H,25,26);3*1H/b18-8-;;;. The number of benzene rings is 1. The van der Waals surface area contributed by atoms with Crippen LogP contribution in [0.2, 0.25) is 5.02 Å². The van der Waals surface area contributed by atoms with Gasteiger partial charge < -0.3 is 20.1 Å². The second kappa shape index (κ2) is 11.0. The van der Waals surface area contributed by atoms with E-state index in [1.807, 2.05) is 19.1 Å². The van der Waals surface area contributed by atoms with Crippen LogP contribution in [0, 0.1) is 6.92 Å². The van der Waals surface area contributed by atoms with E-state index in [9.17, 15) is 9.90 Å². The number of ether oxygens (including phenoxy) is 1. The molecule has 3 aromatic rings. The van der Waals surface area contributed by atoms with Gasteiger partial charge in [0.25, 0.3) is 0 Å². The molecule has 33 heavy (non-hydrogen) atoms. The summed E-state index contributed by atoms with van der Waals surface area (Å²) >= 11 is 6.24. The minimum absolute atomic E-state index is 0. The van der Waals surface area contributed by atoms with Crippen molar-refractivity contribution in [3.05, 3.63) is 57.6 Å². The second-order valence-electron chi connectivity index (χ2n) is 7.62. The number of ketones is 1. The van der Waals surface area contributed by atoms with Gasteiger partial charge in [0, 0.05) is 55.6 Å². The van der Waals surface area contributed by atoms with Crippen LogP contribution in [-0.2, 0) is 6.54 Å². The zero-order valence-corrected chi connectivity index (χ0v) is 20.9. The van der Waals surface area contributed by atoms with Gasteiger partial charge in [0.05, 0.1) is 16.1 Å². The van der Waals surface area contributed by atoms with E-state index in [0.717, 1.165) is 48.5 Å². The first-order valence-electron chi connectivity index (χ1n) is 9.87. The number of piperazine rings is 1. The fourth-order valence-electron chi connectivity index (χ4n) is 3.97. The molecule has 11 heteroatoms. The highest BCUT2D eigenvalue weighted by molar-refractivity contribution is 6.33. The summed E-state index contributed by atoms with van der Waals surface area (Å²) in [5.74, 6) is 0.313. The van der Waals surface area contributed by atoms with Gasteiger partial charge in [0.1, 0.15) is 17.1 Å². The lowest BCUT2D eigenvalue weighted by molar-refractivity contribution is 0.101. The van der Waals surface area contributed by atoms with Crippen LogP contribution in [0.1, 0.15) is 27.2 Å². The van der Waals surface area contributed by atoms with Crippen LogP contribution in [0.3, 0.4) is 0 Å². The van der Waals surface area contributed by atoms with E-state index < -0.39 is 0 Å². The third-order valence-electron chi connectivity index (χ3n) is 5.57. The number of Topliss-reactive ketones (excluding diaryl/α,β-unsaturated/α-hetero) is 1. The molecule has 178 valence electrons. The predicted octanol–water partition coefficient (Wildman–Crippen LogP) is 4.52. The Morgan fingerprint density at radius 2 is 1.97 bits per heavy atom. The molecule has 2 aliphatic heterocycles. The number of aryl methyl sites for hydroxylation is 1. The fraction of sp³-hybridized carbons (Fsp3) is 0.273. The van der Waals surface area contributed by atoms with E-state index in [1.165, 1.54) is 6.07 Å².